The van der Waals surface area contributed by atoms with E-state index in [-0.39, 0.29) is 12.1 Å². The van der Waals surface area contributed by atoms with Crippen molar-refractivity contribution >= 4 is 0 Å². The summed E-state index contributed by atoms with van der Waals surface area (Å²) in [5, 5.41) is 0. The predicted molar refractivity (Wildman–Crippen MR) is 94.8 cm³/mol. The van der Waals surface area contributed by atoms with Crippen LogP contribution in [0.3, 0.4) is 0 Å². The highest BCUT2D eigenvalue weighted by molar-refractivity contribution is 5.64. The Morgan fingerprint density at radius 2 is 1.57 bits per heavy atom. The molecular weight excluding hydrogens is 284 g/mol. The van der Waals surface area contributed by atoms with Crippen LogP contribution in [0.4, 0.5) is 0 Å². The lowest BCUT2D eigenvalue weighted by Gasteiger charge is -2.18. The van der Waals surface area contributed by atoms with Crippen LogP contribution in [0.15, 0.2) is 65.5 Å². The summed E-state index contributed by atoms with van der Waals surface area (Å²) in [6.45, 7) is 4.20. The van der Waals surface area contributed by atoms with E-state index >= 15 is 0 Å². The molecule has 116 valence electrons. The molecule has 0 amide bonds. The van der Waals surface area contributed by atoms with Crippen LogP contribution in [-0.2, 0) is 6.54 Å². The second kappa shape index (κ2) is 6.23. The Kier molecular flexibility index (Phi) is 4.13. The fourth-order valence-electron chi connectivity index (χ4n) is 2.89. The fraction of sp³-hybridized carbons (Fsp3) is 0.150. The first kappa shape index (κ1) is 15.3. The molecule has 0 saturated carbocycles. The standard InChI is InChI=1S/C20H20N2O/c1-14-8-6-7-11-18(14)22-19(16-9-4-3-5-10-16)12-15(2)17(13-21)20(22)23/h3-12H,13,21H2,1-2H3. The minimum atomic E-state index is -0.0411. The molecule has 0 fully saturated rings. The summed E-state index contributed by atoms with van der Waals surface area (Å²) >= 11 is 0. The lowest BCUT2D eigenvalue weighted by Crippen LogP contribution is -2.27. The van der Waals surface area contributed by atoms with E-state index in [0.717, 1.165) is 28.1 Å². The Hall–Kier alpha value is -2.65. The van der Waals surface area contributed by atoms with Gasteiger partial charge in [-0.05, 0) is 42.7 Å². The minimum Gasteiger partial charge on any atom is -0.326 e. The summed E-state index contributed by atoms with van der Waals surface area (Å²) in [6.07, 6.45) is 0. The van der Waals surface area contributed by atoms with E-state index < -0.39 is 0 Å². The first-order valence-corrected chi connectivity index (χ1v) is 7.70. The molecule has 0 aliphatic heterocycles. The van der Waals surface area contributed by atoms with Crippen LogP contribution in [0.2, 0.25) is 0 Å². The molecule has 0 atom stereocenters. The van der Waals surface area contributed by atoms with E-state index in [1.54, 1.807) is 4.57 Å². The van der Waals surface area contributed by atoms with Crippen LogP contribution in [0.5, 0.6) is 0 Å². The summed E-state index contributed by atoms with van der Waals surface area (Å²) in [7, 11) is 0. The Labute approximate surface area is 136 Å². The lowest BCUT2D eigenvalue weighted by molar-refractivity contribution is 0.912. The molecule has 1 aromatic heterocycles. The van der Waals surface area contributed by atoms with Gasteiger partial charge in [-0.3, -0.25) is 9.36 Å². The largest absolute Gasteiger partial charge is 0.326 e. The molecule has 0 spiro atoms. The molecule has 0 aliphatic carbocycles. The maximum Gasteiger partial charge on any atom is 0.260 e. The number of pyridine rings is 1. The van der Waals surface area contributed by atoms with Crippen LogP contribution >= 0.6 is 0 Å². The number of nitrogens with zero attached hydrogens (tertiary/aromatic N) is 1. The summed E-state index contributed by atoms with van der Waals surface area (Å²) in [6, 6.07) is 19.9. The fourth-order valence-corrected chi connectivity index (χ4v) is 2.89. The van der Waals surface area contributed by atoms with Gasteiger partial charge in [-0.25, -0.2) is 0 Å². The van der Waals surface area contributed by atoms with Crippen molar-refractivity contribution in [2.75, 3.05) is 0 Å². The first-order chi connectivity index (χ1) is 11.1. The van der Waals surface area contributed by atoms with Crippen molar-refractivity contribution in [3.63, 3.8) is 0 Å². The topological polar surface area (TPSA) is 48.0 Å². The average Bonchev–Trinajstić information content (AvgIpc) is 2.57. The van der Waals surface area contributed by atoms with Crippen molar-refractivity contribution in [2.24, 2.45) is 5.73 Å². The van der Waals surface area contributed by atoms with Crippen molar-refractivity contribution in [1.82, 2.24) is 4.57 Å². The van der Waals surface area contributed by atoms with E-state index in [1.165, 1.54) is 0 Å². The molecule has 2 N–H and O–H groups in total. The number of aryl methyl sites for hydroxylation is 2. The monoisotopic (exact) mass is 304 g/mol. The number of hydrogen-bond acceptors (Lipinski definition) is 2. The zero-order valence-electron chi connectivity index (χ0n) is 13.4. The summed E-state index contributed by atoms with van der Waals surface area (Å²) < 4.78 is 1.78. The Morgan fingerprint density at radius 3 is 2.22 bits per heavy atom. The summed E-state index contributed by atoms with van der Waals surface area (Å²) in [4.78, 5) is 13.1. The maximum atomic E-state index is 13.1. The molecule has 3 aromatic rings. The molecule has 1 heterocycles. The molecule has 23 heavy (non-hydrogen) atoms. The second-order valence-corrected chi connectivity index (χ2v) is 5.69. The third kappa shape index (κ3) is 2.71. The number of benzene rings is 2. The normalized spacial score (nSPS) is 10.7. The second-order valence-electron chi connectivity index (χ2n) is 5.69. The van der Waals surface area contributed by atoms with Gasteiger partial charge in [-0.1, -0.05) is 48.5 Å². The van der Waals surface area contributed by atoms with Gasteiger partial charge in [0.15, 0.2) is 0 Å². The average molecular weight is 304 g/mol. The van der Waals surface area contributed by atoms with Gasteiger partial charge in [-0.15, -0.1) is 0 Å². The van der Waals surface area contributed by atoms with Gasteiger partial charge in [0.1, 0.15) is 0 Å². The number of hydrogen-bond donors (Lipinski definition) is 1. The Morgan fingerprint density at radius 1 is 0.913 bits per heavy atom. The van der Waals surface area contributed by atoms with Gasteiger partial charge < -0.3 is 5.73 Å². The van der Waals surface area contributed by atoms with Crippen molar-refractivity contribution in [2.45, 2.75) is 20.4 Å². The SMILES string of the molecule is Cc1ccccc1-n1c(-c2ccccc2)cc(C)c(CN)c1=O. The summed E-state index contributed by atoms with van der Waals surface area (Å²) in [5.74, 6) is 0. The van der Waals surface area contributed by atoms with E-state index in [1.807, 2.05) is 74.5 Å². The van der Waals surface area contributed by atoms with Gasteiger partial charge in [-0.2, -0.15) is 0 Å². The first-order valence-electron chi connectivity index (χ1n) is 7.70. The molecule has 0 bridgehead atoms. The van der Waals surface area contributed by atoms with Crippen molar-refractivity contribution < 1.29 is 0 Å². The molecule has 3 heteroatoms. The number of nitrogens with two attached hydrogens (primary N) is 1. The van der Waals surface area contributed by atoms with E-state index in [0.29, 0.717) is 5.56 Å². The third-order valence-corrected chi connectivity index (χ3v) is 4.16. The van der Waals surface area contributed by atoms with Gasteiger partial charge in [0.2, 0.25) is 0 Å². The van der Waals surface area contributed by atoms with Crippen molar-refractivity contribution in [3.05, 3.63) is 87.7 Å². The third-order valence-electron chi connectivity index (χ3n) is 4.16. The number of aromatic nitrogens is 1. The van der Waals surface area contributed by atoms with Crippen LogP contribution in [-0.4, -0.2) is 4.57 Å². The molecule has 0 aliphatic rings. The smallest absolute Gasteiger partial charge is 0.260 e. The number of rotatable bonds is 3. The van der Waals surface area contributed by atoms with Crippen LogP contribution < -0.4 is 11.3 Å². The maximum absolute atomic E-state index is 13.1. The van der Waals surface area contributed by atoms with E-state index in [4.69, 9.17) is 5.73 Å². The quantitative estimate of drug-likeness (QED) is 0.804. The lowest BCUT2D eigenvalue weighted by atomic mass is 10.0. The predicted octanol–water partition coefficient (Wildman–Crippen LogP) is 3.58. The highest BCUT2D eigenvalue weighted by Crippen LogP contribution is 2.24. The number of para-hydroxylation sites is 1. The van der Waals surface area contributed by atoms with Gasteiger partial charge in [0.05, 0.1) is 11.4 Å². The van der Waals surface area contributed by atoms with E-state index in [2.05, 4.69) is 0 Å². The van der Waals surface area contributed by atoms with Crippen LogP contribution in [0, 0.1) is 13.8 Å². The Balaban J connectivity index is 2.41. The van der Waals surface area contributed by atoms with Crippen LogP contribution in [0.1, 0.15) is 16.7 Å². The highest BCUT2D eigenvalue weighted by Gasteiger charge is 2.15. The minimum absolute atomic E-state index is 0.0411. The van der Waals surface area contributed by atoms with Crippen LogP contribution in [0.25, 0.3) is 16.9 Å². The molecule has 0 radical (unpaired) electrons. The van der Waals surface area contributed by atoms with Crippen molar-refractivity contribution in [1.29, 1.82) is 0 Å². The highest BCUT2D eigenvalue weighted by atomic mass is 16.1. The van der Waals surface area contributed by atoms with Gasteiger partial charge in [0.25, 0.3) is 5.56 Å². The zero-order valence-corrected chi connectivity index (χ0v) is 13.4. The van der Waals surface area contributed by atoms with Gasteiger partial charge in [0, 0.05) is 12.1 Å². The zero-order chi connectivity index (χ0) is 16.4. The summed E-state index contributed by atoms with van der Waals surface area (Å²) in [5.41, 5.74) is 11.2. The molecular formula is C20H20N2O. The van der Waals surface area contributed by atoms with Gasteiger partial charge >= 0.3 is 0 Å². The molecule has 3 nitrogen and oxygen atoms in total. The molecule has 2 aromatic carbocycles. The molecule has 0 unspecified atom stereocenters. The van der Waals surface area contributed by atoms with E-state index in [9.17, 15) is 4.79 Å². The Bertz CT molecular complexity index is 895. The molecule has 0 saturated heterocycles. The van der Waals surface area contributed by atoms with Crippen molar-refractivity contribution in [3.8, 4) is 16.9 Å². The molecule has 3 rings (SSSR count).